The van der Waals surface area contributed by atoms with Crippen LogP contribution in [0, 0.1) is 11.3 Å². The average Bonchev–Trinajstić information content (AvgIpc) is 2.38. The largest absolute Gasteiger partial charge is 0.486 e. The minimum Gasteiger partial charge on any atom is -0.486 e. The highest BCUT2D eigenvalue weighted by Crippen LogP contribution is 2.34. The van der Waals surface area contributed by atoms with Crippen molar-refractivity contribution in [2.75, 3.05) is 0 Å². The van der Waals surface area contributed by atoms with Crippen molar-refractivity contribution in [3.63, 3.8) is 0 Å². The molecule has 0 atom stereocenters. The van der Waals surface area contributed by atoms with Gasteiger partial charge in [0.1, 0.15) is 6.61 Å². The first-order valence-electron chi connectivity index (χ1n) is 5.11. The molecule has 0 unspecified atom stereocenters. The fraction of sp³-hybridized carbons (Fsp3) is 0.0769. The van der Waals surface area contributed by atoms with E-state index < -0.39 is 0 Å². The van der Waals surface area contributed by atoms with Crippen LogP contribution in [0.2, 0.25) is 5.02 Å². The summed E-state index contributed by atoms with van der Waals surface area (Å²) in [6.45, 7) is 0.373. The molecule has 0 aliphatic carbocycles. The highest BCUT2D eigenvalue weighted by atomic mass is 79.9. The van der Waals surface area contributed by atoms with E-state index in [0.29, 0.717) is 27.4 Å². The van der Waals surface area contributed by atoms with Gasteiger partial charge in [-0.25, -0.2) is 0 Å². The van der Waals surface area contributed by atoms with Gasteiger partial charge in [0.15, 0.2) is 5.75 Å². The van der Waals surface area contributed by atoms with Crippen LogP contribution in [0.1, 0.15) is 11.1 Å². The molecular formula is C13H8BrClN2O. The predicted molar refractivity (Wildman–Crippen MR) is 72.4 cm³/mol. The summed E-state index contributed by atoms with van der Waals surface area (Å²) in [6.07, 6.45) is 3.43. The van der Waals surface area contributed by atoms with E-state index in [1.54, 1.807) is 24.5 Å². The van der Waals surface area contributed by atoms with E-state index in [2.05, 4.69) is 20.9 Å². The molecule has 3 nitrogen and oxygen atoms in total. The minimum absolute atomic E-state index is 0.373. The summed E-state index contributed by atoms with van der Waals surface area (Å²) in [6, 6.07) is 9.03. The first-order valence-corrected chi connectivity index (χ1v) is 6.28. The Morgan fingerprint density at radius 2 is 2.28 bits per heavy atom. The van der Waals surface area contributed by atoms with Crippen molar-refractivity contribution in [1.29, 1.82) is 5.26 Å². The summed E-state index contributed by atoms with van der Waals surface area (Å²) >= 11 is 9.39. The van der Waals surface area contributed by atoms with Crippen molar-refractivity contribution >= 4 is 27.5 Å². The van der Waals surface area contributed by atoms with Crippen LogP contribution in [-0.2, 0) is 6.61 Å². The molecule has 18 heavy (non-hydrogen) atoms. The van der Waals surface area contributed by atoms with Crippen LogP contribution in [0.25, 0.3) is 0 Å². The number of halogens is 2. The second kappa shape index (κ2) is 5.85. The molecular weight excluding hydrogens is 316 g/mol. The fourth-order valence-electron chi connectivity index (χ4n) is 1.40. The van der Waals surface area contributed by atoms with Gasteiger partial charge in [0, 0.05) is 18.0 Å². The number of benzene rings is 1. The molecule has 0 saturated carbocycles. The highest BCUT2D eigenvalue weighted by molar-refractivity contribution is 9.10. The normalized spacial score (nSPS) is 9.83. The van der Waals surface area contributed by atoms with Gasteiger partial charge in [-0.05, 0) is 34.1 Å². The van der Waals surface area contributed by atoms with Crippen LogP contribution < -0.4 is 4.74 Å². The maximum atomic E-state index is 8.81. The van der Waals surface area contributed by atoms with Gasteiger partial charge in [0.05, 0.1) is 21.1 Å². The molecule has 0 saturated heterocycles. The smallest absolute Gasteiger partial charge is 0.152 e. The van der Waals surface area contributed by atoms with Crippen molar-refractivity contribution in [2.45, 2.75) is 6.61 Å². The Morgan fingerprint density at radius 1 is 1.44 bits per heavy atom. The fourth-order valence-corrected chi connectivity index (χ4v) is 2.36. The van der Waals surface area contributed by atoms with Crippen molar-refractivity contribution in [2.24, 2.45) is 0 Å². The van der Waals surface area contributed by atoms with Gasteiger partial charge < -0.3 is 4.74 Å². The Labute approximate surface area is 118 Å². The van der Waals surface area contributed by atoms with Gasteiger partial charge in [-0.3, -0.25) is 4.98 Å². The first-order chi connectivity index (χ1) is 8.70. The summed E-state index contributed by atoms with van der Waals surface area (Å²) in [5, 5.41) is 9.21. The lowest BCUT2D eigenvalue weighted by Gasteiger charge is -2.10. The van der Waals surface area contributed by atoms with Crippen LogP contribution >= 0.6 is 27.5 Å². The number of nitriles is 1. The Morgan fingerprint density at radius 3 is 2.89 bits per heavy atom. The Balaban J connectivity index is 2.18. The van der Waals surface area contributed by atoms with Crippen molar-refractivity contribution < 1.29 is 4.74 Å². The molecule has 0 N–H and O–H groups in total. The molecule has 0 aliphatic rings. The lowest BCUT2D eigenvalue weighted by Crippen LogP contribution is -1.97. The van der Waals surface area contributed by atoms with Crippen LogP contribution in [-0.4, -0.2) is 4.98 Å². The Hall–Kier alpha value is -1.57. The summed E-state index contributed by atoms with van der Waals surface area (Å²) in [5.74, 6) is 0.527. The number of rotatable bonds is 3. The average molecular weight is 324 g/mol. The molecule has 5 heteroatoms. The summed E-state index contributed by atoms with van der Waals surface area (Å²) in [5.41, 5.74) is 1.44. The van der Waals surface area contributed by atoms with Gasteiger partial charge in [0.25, 0.3) is 0 Å². The van der Waals surface area contributed by atoms with Crippen molar-refractivity contribution in [3.05, 3.63) is 57.3 Å². The summed E-state index contributed by atoms with van der Waals surface area (Å²) < 4.78 is 6.29. The lowest BCUT2D eigenvalue weighted by atomic mass is 10.2. The molecule has 1 aromatic heterocycles. The zero-order chi connectivity index (χ0) is 13.0. The maximum Gasteiger partial charge on any atom is 0.152 e. The molecule has 0 fully saturated rings. The second-order valence-electron chi connectivity index (χ2n) is 3.53. The third-order valence-corrected chi connectivity index (χ3v) is 3.10. The van der Waals surface area contributed by atoms with E-state index in [4.69, 9.17) is 21.6 Å². The minimum atomic E-state index is 0.373. The lowest BCUT2D eigenvalue weighted by molar-refractivity contribution is 0.304. The van der Waals surface area contributed by atoms with Gasteiger partial charge >= 0.3 is 0 Å². The van der Waals surface area contributed by atoms with Gasteiger partial charge in [-0.15, -0.1) is 0 Å². The third-order valence-electron chi connectivity index (χ3n) is 2.23. The SMILES string of the molecule is N#Cc1cc(Cl)c(OCc2cccnc2)c(Br)c1. The first kappa shape index (κ1) is 12.9. The van der Waals surface area contributed by atoms with Crippen LogP contribution in [0.3, 0.4) is 0 Å². The molecule has 0 aliphatic heterocycles. The number of hydrogen-bond donors (Lipinski definition) is 0. The van der Waals surface area contributed by atoms with E-state index >= 15 is 0 Å². The van der Waals surface area contributed by atoms with E-state index in [1.165, 1.54) is 0 Å². The number of nitrogens with zero attached hydrogens (tertiary/aromatic N) is 2. The summed E-state index contributed by atoms with van der Waals surface area (Å²) in [7, 11) is 0. The monoisotopic (exact) mass is 322 g/mol. The molecule has 0 radical (unpaired) electrons. The Bertz CT molecular complexity index is 573. The number of hydrogen-bond acceptors (Lipinski definition) is 3. The molecule has 1 aromatic carbocycles. The molecule has 90 valence electrons. The standard InChI is InChI=1S/C13H8BrClN2O/c14-11-4-10(6-16)5-12(15)13(11)18-8-9-2-1-3-17-7-9/h1-5,7H,8H2. The molecule has 0 bridgehead atoms. The van der Waals surface area contributed by atoms with Crippen molar-refractivity contribution in [3.8, 4) is 11.8 Å². The van der Waals surface area contributed by atoms with E-state index in [1.807, 2.05) is 18.2 Å². The highest BCUT2D eigenvalue weighted by Gasteiger charge is 2.09. The van der Waals surface area contributed by atoms with Gasteiger partial charge in [-0.1, -0.05) is 17.7 Å². The van der Waals surface area contributed by atoms with E-state index in [0.717, 1.165) is 5.56 Å². The predicted octanol–water partition coefficient (Wildman–Crippen LogP) is 3.95. The number of ether oxygens (including phenoxy) is 1. The van der Waals surface area contributed by atoms with Gasteiger partial charge in [0.2, 0.25) is 0 Å². The van der Waals surface area contributed by atoms with Crippen LogP contribution in [0.4, 0.5) is 0 Å². The van der Waals surface area contributed by atoms with Crippen molar-refractivity contribution in [1.82, 2.24) is 4.98 Å². The zero-order valence-corrected chi connectivity index (χ0v) is 11.6. The summed E-state index contributed by atoms with van der Waals surface area (Å²) in [4.78, 5) is 4.00. The maximum absolute atomic E-state index is 8.81. The molecule has 1 heterocycles. The number of aromatic nitrogens is 1. The van der Waals surface area contributed by atoms with Crippen LogP contribution in [0.15, 0.2) is 41.1 Å². The topological polar surface area (TPSA) is 45.9 Å². The van der Waals surface area contributed by atoms with E-state index in [-0.39, 0.29) is 0 Å². The molecule has 2 rings (SSSR count). The zero-order valence-electron chi connectivity index (χ0n) is 9.23. The quantitative estimate of drug-likeness (QED) is 0.859. The molecule has 0 amide bonds. The van der Waals surface area contributed by atoms with Gasteiger partial charge in [-0.2, -0.15) is 5.26 Å². The molecule has 0 spiro atoms. The van der Waals surface area contributed by atoms with Crippen LogP contribution in [0.5, 0.6) is 5.75 Å². The van der Waals surface area contributed by atoms with E-state index in [9.17, 15) is 0 Å². The third kappa shape index (κ3) is 3.00. The second-order valence-corrected chi connectivity index (χ2v) is 4.79. The Kier molecular flexibility index (Phi) is 4.19. The molecule has 2 aromatic rings. The number of pyridine rings is 1.